The monoisotopic (exact) mass is 506 g/mol. The number of hydrogen-bond donors (Lipinski definition) is 0. The van der Waals surface area contributed by atoms with Gasteiger partial charge in [0.2, 0.25) is 0 Å². The Morgan fingerprint density at radius 1 is 1.09 bits per heavy atom. The first-order valence-corrected chi connectivity index (χ1v) is 13.3. The molecule has 1 saturated carbocycles. The molecule has 0 N–H and O–H groups in total. The number of alkyl halides is 2. The number of halogens is 2. The molecule has 188 valence electrons. The van der Waals surface area contributed by atoms with Crippen molar-refractivity contribution in [3.63, 3.8) is 0 Å². The van der Waals surface area contributed by atoms with E-state index in [-0.39, 0.29) is 13.0 Å². The van der Waals surface area contributed by atoms with Crippen molar-refractivity contribution in [2.75, 3.05) is 53.4 Å². The highest BCUT2D eigenvalue weighted by atomic mass is 32.2. The first kappa shape index (κ1) is 22.9. The molecule has 11 heteroatoms. The van der Waals surface area contributed by atoms with Gasteiger partial charge in [0.05, 0.1) is 30.3 Å². The quantitative estimate of drug-likeness (QED) is 0.632. The lowest BCUT2D eigenvalue weighted by Gasteiger charge is -2.38. The molecule has 0 radical (unpaired) electrons. The van der Waals surface area contributed by atoms with Crippen molar-refractivity contribution >= 4 is 27.4 Å². The van der Waals surface area contributed by atoms with Gasteiger partial charge in [-0.1, -0.05) is 12.1 Å². The molecule has 0 amide bonds. The van der Waals surface area contributed by atoms with Crippen LogP contribution in [0.25, 0.3) is 11.3 Å². The van der Waals surface area contributed by atoms with E-state index in [2.05, 4.69) is 4.90 Å². The summed E-state index contributed by atoms with van der Waals surface area (Å²) in [6.45, 7) is 4.61. The van der Waals surface area contributed by atoms with Crippen LogP contribution in [-0.2, 0) is 19.7 Å². The number of piperidine rings is 1. The van der Waals surface area contributed by atoms with E-state index >= 15 is 0 Å². The van der Waals surface area contributed by atoms with Gasteiger partial charge in [0.1, 0.15) is 5.82 Å². The second kappa shape index (κ2) is 7.75. The number of aromatic nitrogens is 1. The molecule has 4 aliphatic rings. The largest absolute Gasteiger partial charge is 0.356 e. The molecular weight excluding hydrogens is 478 g/mol. The van der Waals surface area contributed by atoms with Crippen molar-refractivity contribution < 1.29 is 26.7 Å². The second-order valence-electron chi connectivity index (χ2n) is 9.80. The van der Waals surface area contributed by atoms with Gasteiger partial charge in [0.25, 0.3) is 5.92 Å². The first-order valence-electron chi connectivity index (χ1n) is 11.9. The van der Waals surface area contributed by atoms with Crippen molar-refractivity contribution in [1.29, 1.82) is 0 Å². The lowest BCUT2D eigenvalue weighted by atomic mass is 10.0. The van der Waals surface area contributed by atoms with E-state index in [0.717, 1.165) is 57.2 Å². The smallest absolute Gasteiger partial charge is 0.326 e. The summed E-state index contributed by atoms with van der Waals surface area (Å²) < 4.78 is 66.8. The Kier molecular flexibility index (Phi) is 5.08. The third-order valence-corrected chi connectivity index (χ3v) is 9.35. The molecule has 8 nitrogen and oxygen atoms in total. The molecule has 1 aliphatic carbocycles. The van der Waals surface area contributed by atoms with Crippen molar-refractivity contribution in [3.05, 3.63) is 35.9 Å². The number of anilines is 3. The average Bonchev–Trinajstić information content (AvgIpc) is 3.12. The topological polar surface area (TPSA) is 75.2 Å². The van der Waals surface area contributed by atoms with E-state index in [1.54, 1.807) is 18.2 Å². The van der Waals surface area contributed by atoms with Gasteiger partial charge >= 0.3 is 10.2 Å². The summed E-state index contributed by atoms with van der Waals surface area (Å²) in [4.78, 5) is 7.16. The maximum Gasteiger partial charge on any atom is 0.326 e. The standard InChI is InChI=1S/C24H28F2N4O4S/c1-16-3-5-19(27-22(16)29-9-7-23(8-10-29)33-11-12-34-23)17-4-6-20-21(13-17)28(2)35(31,32)30(20)15-18-14-24(18,25)26/h3-6,13,18H,7-12,14-15H2,1-2H3. The lowest BCUT2D eigenvalue weighted by Crippen LogP contribution is -2.45. The molecule has 4 heterocycles. The Labute approximate surface area is 203 Å². The van der Waals surface area contributed by atoms with E-state index in [0.29, 0.717) is 24.6 Å². The number of ether oxygens (including phenoxy) is 2. The molecule has 0 bridgehead atoms. The summed E-state index contributed by atoms with van der Waals surface area (Å²) in [5.41, 5.74) is 3.42. The summed E-state index contributed by atoms with van der Waals surface area (Å²) >= 11 is 0. The van der Waals surface area contributed by atoms with E-state index in [9.17, 15) is 17.2 Å². The van der Waals surface area contributed by atoms with E-state index in [4.69, 9.17) is 14.5 Å². The van der Waals surface area contributed by atoms with Crippen LogP contribution < -0.4 is 13.5 Å². The van der Waals surface area contributed by atoms with Crippen LogP contribution in [-0.4, -0.2) is 65.0 Å². The molecule has 1 unspecified atom stereocenters. The normalized spacial score (nSPS) is 25.8. The first-order chi connectivity index (χ1) is 16.6. The van der Waals surface area contributed by atoms with Crippen molar-refractivity contribution in [2.45, 2.75) is 37.9 Å². The van der Waals surface area contributed by atoms with Crippen molar-refractivity contribution in [2.24, 2.45) is 5.92 Å². The highest BCUT2D eigenvalue weighted by Gasteiger charge is 2.59. The fraction of sp³-hybridized carbons (Fsp3) is 0.542. The van der Waals surface area contributed by atoms with Gasteiger partial charge in [0.15, 0.2) is 5.79 Å². The molecular formula is C24H28F2N4O4S. The van der Waals surface area contributed by atoms with Gasteiger partial charge in [-0.05, 0) is 30.7 Å². The minimum atomic E-state index is -3.89. The van der Waals surface area contributed by atoms with E-state index in [1.807, 2.05) is 19.1 Å². The minimum Gasteiger partial charge on any atom is -0.356 e. The van der Waals surface area contributed by atoms with Crippen molar-refractivity contribution in [1.82, 2.24) is 4.98 Å². The molecule has 2 aromatic rings. The summed E-state index contributed by atoms with van der Waals surface area (Å²) in [5.74, 6) is -3.31. The zero-order valence-electron chi connectivity index (χ0n) is 19.7. The van der Waals surface area contributed by atoms with Crippen molar-refractivity contribution in [3.8, 4) is 11.3 Å². The highest BCUT2D eigenvalue weighted by Crippen LogP contribution is 2.51. The summed E-state index contributed by atoms with van der Waals surface area (Å²) in [6.07, 6.45) is 1.27. The molecule has 3 aliphatic heterocycles. The Bertz CT molecular complexity index is 1270. The molecule has 1 spiro atoms. The summed E-state index contributed by atoms with van der Waals surface area (Å²) in [6, 6.07) is 9.19. The van der Waals surface area contributed by atoms with Gasteiger partial charge < -0.3 is 14.4 Å². The third-order valence-electron chi connectivity index (χ3n) is 7.55. The molecule has 35 heavy (non-hydrogen) atoms. The molecule has 6 rings (SSSR count). The summed E-state index contributed by atoms with van der Waals surface area (Å²) in [7, 11) is -2.44. The van der Waals surface area contributed by atoms with Crippen LogP contribution in [0.4, 0.5) is 26.0 Å². The number of aryl methyl sites for hydroxylation is 1. The predicted octanol–water partition coefficient (Wildman–Crippen LogP) is 3.56. The Balaban J connectivity index is 1.28. The number of hydrogen-bond acceptors (Lipinski definition) is 6. The zero-order valence-corrected chi connectivity index (χ0v) is 20.5. The lowest BCUT2D eigenvalue weighted by molar-refractivity contribution is -0.169. The van der Waals surface area contributed by atoms with Crippen LogP contribution in [0.15, 0.2) is 30.3 Å². The summed E-state index contributed by atoms with van der Waals surface area (Å²) in [5, 5.41) is 0. The molecule has 2 saturated heterocycles. The Morgan fingerprint density at radius 3 is 2.43 bits per heavy atom. The molecule has 1 aromatic carbocycles. The van der Waals surface area contributed by atoms with Gasteiger partial charge in [-0.3, -0.25) is 8.61 Å². The predicted molar refractivity (Wildman–Crippen MR) is 128 cm³/mol. The number of fused-ring (bicyclic) bond motifs is 1. The van der Waals surface area contributed by atoms with Gasteiger partial charge in [0, 0.05) is 57.4 Å². The van der Waals surface area contributed by atoms with E-state index < -0.39 is 27.8 Å². The number of nitrogens with zero attached hydrogens (tertiary/aromatic N) is 4. The number of rotatable bonds is 4. The van der Waals surface area contributed by atoms with Gasteiger partial charge in [-0.15, -0.1) is 0 Å². The van der Waals surface area contributed by atoms with Gasteiger partial charge in [-0.2, -0.15) is 8.42 Å². The Hall–Kier alpha value is -2.50. The van der Waals surface area contributed by atoms with Crippen LogP contribution in [0.3, 0.4) is 0 Å². The number of pyridine rings is 1. The zero-order chi connectivity index (χ0) is 24.6. The van der Waals surface area contributed by atoms with Crippen LogP contribution in [0, 0.1) is 12.8 Å². The van der Waals surface area contributed by atoms with Crippen LogP contribution in [0.5, 0.6) is 0 Å². The van der Waals surface area contributed by atoms with Crippen LogP contribution >= 0.6 is 0 Å². The third kappa shape index (κ3) is 3.75. The van der Waals surface area contributed by atoms with Crippen LogP contribution in [0.1, 0.15) is 24.8 Å². The van der Waals surface area contributed by atoms with Gasteiger partial charge in [-0.25, -0.2) is 13.8 Å². The maximum atomic E-state index is 13.5. The number of benzene rings is 1. The Morgan fingerprint density at radius 2 is 1.77 bits per heavy atom. The second-order valence-corrected chi connectivity index (χ2v) is 11.7. The van der Waals surface area contributed by atoms with Crippen LogP contribution in [0.2, 0.25) is 0 Å². The molecule has 3 fully saturated rings. The average molecular weight is 507 g/mol. The fourth-order valence-corrected chi connectivity index (χ4v) is 6.71. The highest BCUT2D eigenvalue weighted by molar-refractivity contribution is 7.94. The molecule has 1 aromatic heterocycles. The SMILES string of the molecule is Cc1ccc(-c2ccc3c(c2)N(C)S(=O)(=O)N3CC2CC2(F)F)nc1N1CCC2(CC1)OCCO2. The fourth-order valence-electron chi connectivity index (χ4n) is 5.25. The van der Waals surface area contributed by atoms with E-state index in [1.165, 1.54) is 7.05 Å². The molecule has 1 atom stereocenters. The minimum absolute atomic E-state index is 0.219. The maximum absolute atomic E-state index is 13.5.